The van der Waals surface area contributed by atoms with Crippen LogP contribution in [0.4, 0.5) is 0 Å². The topological polar surface area (TPSA) is 59.2 Å². The van der Waals surface area contributed by atoms with Crippen LogP contribution in [0.3, 0.4) is 0 Å². The first-order valence-electron chi connectivity index (χ1n) is 8.23. The van der Waals surface area contributed by atoms with E-state index in [9.17, 15) is 4.79 Å². The van der Waals surface area contributed by atoms with Crippen molar-refractivity contribution in [2.75, 3.05) is 7.05 Å². The van der Waals surface area contributed by atoms with Crippen molar-refractivity contribution in [2.45, 2.75) is 32.7 Å². The molecule has 0 saturated heterocycles. The number of aryl methyl sites for hydroxylation is 2. The van der Waals surface area contributed by atoms with Gasteiger partial charge in [0.1, 0.15) is 0 Å². The third kappa shape index (κ3) is 4.14. The van der Waals surface area contributed by atoms with E-state index >= 15 is 0 Å². The first kappa shape index (κ1) is 17.4. The lowest BCUT2D eigenvalue weighted by Crippen LogP contribution is -2.29. The third-order valence-electron chi connectivity index (χ3n) is 4.25. The molecule has 0 N–H and O–H groups in total. The summed E-state index contributed by atoms with van der Waals surface area (Å²) in [6, 6.07) is 12.0. The van der Waals surface area contributed by atoms with Crippen molar-refractivity contribution >= 4 is 17.2 Å². The molecule has 0 fully saturated rings. The van der Waals surface area contributed by atoms with Crippen LogP contribution in [0.25, 0.3) is 11.5 Å². The number of rotatable bonds is 6. The van der Waals surface area contributed by atoms with Crippen molar-refractivity contribution in [2.24, 2.45) is 0 Å². The highest BCUT2D eigenvalue weighted by Gasteiger charge is 2.19. The Kier molecular flexibility index (Phi) is 5.28. The summed E-state index contributed by atoms with van der Waals surface area (Å²) >= 11 is 1.66. The molecule has 2 heterocycles. The fourth-order valence-corrected chi connectivity index (χ4v) is 3.32. The second kappa shape index (κ2) is 7.61. The number of nitrogens with zero attached hydrogens (tertiary/aromatic N) is 3. The zero-order valence-electron chi connectivity index (χ0n) is 14.6. The second-order valence-corrected chi connectivity index (χ2v) is 7.04. The Morgan fingerprint density at radius 1 is 1.24 bits per heavy atom. The van der Waals surface area contributed by atoms with Gasteiger partial charge in [0, 0.05) is 30.3 Å². The molecular weight excluding hydrogens is 334 g/mol. The third-order valence-corrected chi connectivity index (χ3v) is 5.29. The lowest BCUT2D eigenvalue weighted by Gasteiger charge is -2.23. The molecule has 130 valence electrons. The molecule has 0 aliphatic heterocycles. The molecule has 0 unspecified atom stereocenters. The van der Waals surface area contributed by atoms with E-state index in [1.807, 2.05) is 62.7 Å². The summed E-state index contributed by atoms with van der Waals surface area (Å²) in [7, 11) is 1.83. The molecule has 0 aliphatic rings. The summed E-state index contributed by atoms with van der Waals surface area (Å²) in [5.41, 5.74) is 2.07. The maximum Gasteiger partial charge on any atom is 0.247 e. The molecule has 3 aromatic rings. The molecule has 1 aromatic carbocycles. The van der Waals surface area contributed by atoms with Gasteiger partial charge in [-0.1, -0.05) is 23.8 Å². The van der Waals surface area contributed by atoms with E-state index in [4.69, 9.17) is 4.42 Å². The number of carbonyl (C=O) groups is 1. The Morgan fingerprint density at radius 2 is 2.00 bits per heavy atom. The van der Waals surface area contributed by atoms with E-state index in [0.717, 1.165) is 5.56 Å². The highest BCUT2D eigenvalue weighted by Crippen LogP contribution is 2.24. The molecule has 0 saturated carbocycles. The van der Waals surface area contributed by atoms with Crippen molar-refractivity contribution in [3.63, 3.8) is 0 Å². The fourth-order valence-electron chi connectivity index (χ4n) is 2.49. The molecule has 0 bridgehead atoms. The normalized spacial score (nSPS) is 12.1. The van der Waals surface area contributed by atoms with Gasteiger partial charge in [0.15, 0.2) is 0 Å². The first-order chi connectivity index (χ1) is 12.0. The minimum Gasteiger partial charge on any atom is -0.421 e. The molecule has 0 aliphatic carbocycles. The Hall–Kier alpha value is -2.47. The van der Waals surface area contributed by atoms with Crippen molar-refractivity contribution in [3.05, 3.63) is 58.1 Å². The molecule has 0 spiro atoms. The molecule has 1 amide bonds. The maximum absolute atomic E-state index is 12.4. The number of hydrogen-bond acceptors (Lipinski definition) is 5. The van der Waals surface area contributed by atoms with Crippen LogP contribution in [-0.4, -0.2) is 28.1 Å². The van der Waals surface area contributed by atoms with E-state index in [1.165, 1.54) is 10.4 Å². The highest BCUT2D eigenvalue weighted by atomic mass is 32.1. The average Bonchev–Trinajstić information content (AvgIpc) is 3.31. The Morgan fingerprint density at radius 3 is 2.68 bits per heavy atom. The van der Waals surface area contributed by atoms with Crippen LogP contribution < -0.4 is 0 Å². The van der Waals surface area contributed by atoms with E-state index in [0.29, 0.717) is 24.6 Å². The summed E-state index contributed by atoms with van der Waals surface area (Å²) in [4.78, 5) is 15.4. The van der Waals surface area contributed by atoms with Gasteiger partial charge in [0.25, 0.3) is 0 Å². The van der Waals surface area contributed by atoms with Gasteiger partial charge in [-0.3, -0.25) is 4.79 Å². The Balaban J connectivity index is 1.58. The summed E-state index contributed by atoms with van der Waals surface area (Å²) in [6.07, 6.45) is 0.793. The molecule has 2 aromatic heterocycles. The lowest BCUT2D eigenvalue weighted by atomic mass is 10.1. The number of benzene rings is 1. The monoisotopic (exact) mass is 355 g/mol. The summed E-state index contributed by atoms with van der Waals surface area (Å²) in [5.74, 6) is 1.04. The molecule has 3 rings (SSSR count). The highest BCUT2D eigenvalue weighted by molar-refractivity contribution is 7.10. The van der Waals surface area contributed by atoms with Gasteiger partial charge >= 0.3 is 0 Å². The van der Waals surface area contributed by atoms with E-state index in [-0.39, 0.29) is 11.9 Å². The van der Waals surface area contributed by atoms with Crippen LogP contribution in [0.2, 0.25) is 0 Å². The van der Waals surface area contributed by atoms with E-state index in [1.54, 1.807) is 16.2 Å². The Labute approximate surface area is 151 Å². The molecular formula is C19H21N3O2S. The van der Waals surface area contributed by atoms with Crippen LogP contribution in [0.5, 0.6) is 0 Å². The molecule has 6 heteroatoms. The summed E-state index contributed by atoms with van der Waals surface area (Å²) in [5, 5.41) is 10.2. The maximum atomic E-state index is 12.4. The van der Waals surface area contributed by atoms with E-state index < -0.39 is 0 Å². The standard InChI is InChI=1S/C19H21N3O2S/c1-13-6-8-15(9-7-13)19-21-20-17(24-19)10-11-18(23)22(3)14(2)16-5-4-12-25-16/h4-9,12,14H,10-11H2,1-3H3/t14-/m0/s1. The number of amides is 1. The zero-order chi connectivity index (χ0) is 17.8. The van der Waals surface area contributed by atoms with Gasteiger partial charge in [0.2, 0.25) is 17.7 Å². The lowest BCUT2D eigenvalue weighted by molar-refractivity contribution is -0.131. The number of aromatic nitrogens is 2. The summed E-state index contributed by atoms with van der Waals surface area (Å²) < 4.78 is 5.68. The predicted octanol–water partition coefficient (Wildman–Crippen LogP) is 4.26. The largest absolute Gasteiger partial charge is 0.421 e. The minimum atomic E-state index is 0.0657. The molecule has 5 nitrogen and oxygen atoms in total. The van der Waals surface area contributed by atoms with Gasteiger partial charge in [0.05, 0.1) is 6.04 Å². The molecule has 25 heavy (non-hydrogen) atoms. The summed E-state index contributed by atoms with van der Waals surface area (Å²) in [6.45, 7) is 4.06. The van der Waals surface area contributed by atoms with Crippen molar-refractivity contribution in [3.8, 4) is 11.5 Å². The van der Waals surface area contributed by atoms with Crippen LogP contribution in [0.1, 0.15) is 35.7 Å². The van der Waals surface area contributed by atoms with Crippen molar-refractivity contribution in [1.29, 1.82) is 0 Å². The van der Waals surface area contributed by atoms with Crippen molar-refractivity contribution < 1.29 is 9.21 Å². The van der Waals surface area contributed by atoms with Crippen LogP contribution in [0, 0.1) is 6.92 Å². The second-order valence-electron chi connectivity index (χ2n) is 6.06. The number of hydrogen-bond donors (Lipinski definition) is 0. The Bertz CT molecular complexity index is 825. The quantitative estimate of drug-likeness (QED) is 0.663. The van der Waals surface area contributed by atoms with Gasteiger partial charge in [-0.05, 0) is 37.4 Å². The van der Waals surface area contributed by atoms with Gasteiger partial charge < -0.3 is 9.32 Å². The molecule has 1 atom stereocenters. The number of thiophene rings is 1. The van der Waals surface area contributed by atoms with Crippen LogP contribution in [0.15, 0.2) is 46.2 Å². The minimum absolute atomic E-state index is 0.0657. The smallest absolute Gasteiger partial charge is 0.247 e. The van der Waals surface area contributed by atoms with Crippen LogP contribution >= 0.6 is 11.3 Å². The first-order valence-corrected chi connectivity index (χ1v) is 9.11. The van der Waals surface area contributed by atoms with Gasteiger partial charge in [-0.2, -0.15) is 0 Å². The average molecular weight is 355 g/mol. The SMILES string of the molecule is Cc1ccc(-c2nnc(CCC(=O)N(C)[C@@H](C)c3cccs3)o2)cc1. The predicted molar refractivity (Wildman–Crippen MR) is 98.3 cm³/mol. The van der Waals surface area contributed by atoms with Gasteiger partial charge in [-0.15, -0.1) is 21.5 Å². The zero-order valence-corrected chi connectivity index (χ0v) is 15.4. The fraction of sp³-hybridized carbons (Fsp3) is 0.316. The van der Waals surface area contributed by atoms with Gasteiger partial charge in [-0.25, -0.2) is 0 Å². The molecule has 0 radical (unpaired) electrons. The van der Waals surface area contributed by atoms with Crippen LogP contribution in [-0.2, 0) is 11.2 Å². The number of carbonyl (C=O) groups excluding carboxylic acids is 1. The van der Waals surface area contributed by atoms with Crippen molar-refractivity contribution in [1.82, 2.24) is 15.1 Å². The van der Waals surface area contributed by atoms with E-state index in [2.05, 4.69) is 10.2 Å².